The highest BCUT2D eigenvalue weighted by molar-refractivity contribution is 7.16. The SMILES string of the molecule is CCOc1ccccc1NC(=O)/C=C/c1ccc([N+](=O)[O-])s1. The quantitative estimate of drug-likeness (QED) is 0.500. The second-order valence-corrected chi connectivity index (χ2v) is 5.28. The number of nitrogens with one attached hydrogen (secondary N) is 1. The molecule has 1 aromatic heterocycles. The van der Waals surface area contributed by atoms with E-state index in [0.717, 1.165) is 11.3 Å². The predicted molar refractivity (Wildman–Crippen MR) is 86.2 cm³/mol. The van der Waals surface area contributed by atoms with Gasteiger partial charge in [-0.1, -0.05) is 23.5 Å². The van der Waals surface area contributed by atoms with Crippen molar-refractivity contribution in [2.75, 3.05) is 11.9 Å². The Kier molecular flexibility index (Phi) is 5.26. The lowest BCUT2D eigenvalue weighted by Gasteiger charge is -2.09. The number of ether oxygens (including phenoxy) is 1. The van der Waals surface area contributed by atoms with Crippen LogP contribution in [0.4, 0.5) is 10.7 Å². The smallest absolute Gasteiger partial charge is 0.324 e. The number of anilines is 1. The molecule has 1 heterocycles. The van der Waals surface area contributed by atoms with E-state index in [0.29, 0.717) is 22.9 Å². The molecule has 1 N–H and O–H groups in total. The van der Waals surface area contributed by atoms with Crippen LogP contribution < -0.4 is 10.1 Å². The number of thiophene rings is 1. The molecule has 0 bridgehead atoms. The number of rotatable bonds is 6. The molecule has 1 amide bonds. The minimum absolute atomic E-state index is 0.0433. The van der Waals surface area contributed by atoms with E-state index in [-0.39, 0.29) is 10.9 Å². The number of para-hydroxylation sites is 2. The first kappa shape index (κ1) is 15.7. The molecule has 114 valence electrons. The van der Waals surface area contributed by atoms with Gasteiger partial charge in [0.25, 0.3) is 0 Å². The highest BCUT2D eigenvalue weighted by Gasteiger charge is 2.08. The monoisotopic (exact) mass is 318 g/mol. The number of nitrogens with zero attached hydrogens (tertiary/aromatic N) is 1. The molecule has 22 heavy (non-hydrogen) atoms. The fraction of sp³-hybridized carbons (Fsp3) is 0.133. The van der Waals surface area contributed by atoms with Crippen molar-refractivity contribution in [3.05, 3.63) is 57.5 Å². The van der Waals surface area contributed by atoms with E-state index in [4.69, 9.17) is 4.74 Å². The van der Waals surface area contributed by atoms with Crippen molar-refractivity contribution in [1.82, 2.24) is 0 Å². The number of amides is 1. The van der Waals surface area contributed by atoms with Gasteiger partial charge in [-0.05, 0) is 31.2 Å². The van der Waals surface area contributed by atoms with Crippen LogP contribution in [-0.4, -0.2) is 17.4 Å². The first-order chi connectivity index (χ1) is 10.6. The standard InChI is InChI=1S/C15H14N2O4S/c1-2-21-13-6-4-3-5-12(13)16-14(18)9-7-11-8-10-15(22-11)17(19)20/h3-10H,2H2,1H3,(H,16,18)/b9-7+. The molecule has 2 rings (SSSR count). The lowest BCUT2D eigenvalue weighted by molar-refractivity contribution is -0.380. The molecule has 1 aromatic carbocycles. The van der Waals surface area contributed by atoms with Crippen LogP contribution in [0.3, 0.4) is 0 Å². The molecule has 0 saturated carbocycles. The molecule has 0 aliphatic heterocycles. The first-order valence-corrected chi connectivity index (χ1v) is 7.37. The van der Waals surface area contributed by atoms with Crippen molar-refractivity contribution in [3.63, 3.8) is 0 Å². The molecular formula is C15H14N2O4S. The molecule has 2 aromatic rings. The number of carbonyl (C=O) groups excluding carboxylic acids is 1. The summed E-state index contributed by atoms with van der Waals surface area (Å²) < 4.78 is 5.42. The van der Waals surface area contributed by atoms with Crippen LogP contribution in [0.5, 0.6) is 5.75 Å². The molecule has 7 heteroatoms. The van der Waals surface area contributed by atoms with Crippen molar-refractivity contribution in [2.45, 2.75) is 6.92 Å². The summed E-state index contributed by atoms with van der Waals surface area (Å²) in [7, 11) is 0. The molecule has 0 aliphatic rings. The lowest BCUT2D eigenvalue weighted by Crippen LogP contribution is -2.09. The molecule has 0 spiro atoms. The topological polar surface area (TPSA) is 81.5 Å². The largest absolute Gasteiger partial charge is 0.492 e. The minimum Gasteiger partial charge on any atom is -0.492 e. The summed E-state index contributed by atoms with van der Waals surface area (Å²) in [5, 5.41) is 13.3. The second-order valence-electron chi connectivity index (χ2n) is 4.18. The number of hydrogen-bond acceptors (Lipinski definition) is 5. The maximum absolute atomic E-state index is 11.9. The van der Waals surface area contributed by atoms with Crippen LogP contribution in [0, 0.1) is 10.1 Å². The van der Waals surface area contributed by atoms with E-state index in [1.54, 1.807) is 24.3 Å². The summed E-state index contributed by atoms with van der Waals surface area (Å²) in [6.07, 6.45) is 2.87. The third-order valence-electron chi connectivity index (χ3n) is 2.64. The van der Waals surface area contributed by atoms with Gasteiger partial charge in [0.15, 0.2) is 0 Å². The summed E-state index contributed by atoms with van der Waals surface area (Å²) in [5.74, 6) is 0.265. The van der Waals surface area contributed by atoms with Gasteiger partial charge >= 0.3 is 5.00 Å². The summed E-state index contributed by atoms with van der Waals surface area (Å²) >= 11 is 1.01. The van der Waals surface area contributed by atoms with Crippen molar-refractivity contribution in [1.29, 1.82) is 0 Å². The van der Waals surface area contributed by atoms with E-state index >= 15 is 0 Å². The van der Waals surface area contributed by atoms with Crippen molar-refractivity contribution in [2.24, 2.45) is 0 Å². The van der Waals surface area contributed by atoms with Gasteiger partial charge < -0.3 is 10.1 Å². The average molecular weight is 318 g/mol. The number of nitro groups is 1. The number of carbonyl (C=O) groups is 1. The Labute approximate surface area is 131 Å². The summed E-state index contributed by atoms with van der Waals surface area (Å²) in [6, 6.07) is 10.1. The van der Waals surface area contributed by atoms with Crippen molar-refractivity contribution >= 4 is 34.0 Å². The Morgan fingerprint density at radius 1 is 1.36 bits per heavy atom. The predicted octanol–water partition coefficient (Wildman–Crippen LogP) is 3.71. The molecule has 0 fully saturated rings. The fourth-order valence-corrected chi connectivity index (χ4v) is 2.44. The maximum atomic E-state index is 11.9. The molecule has 0 unspecified atom stereocenters. The molecule has 0 atom stereocenters. The molecule has 0 saturated heterocycles. The van der Waals surface area contributed by atoms with Crippen LogP contribution in [0.1, 0.15) is 11.8 Å². The van der Waals surface area contributed by atoms with Gasteiger partial charge in [-0.2, -0.15) is 0 Å². The highest BCUT2D eigenvalue weighted by atomic mass is 32.1. The first-order valence-electron chi connectivity index (χ1n) is 6.55. The Hall–Kier alpha value is -2.67. The zero-order chi connectivity index (χ0) is 15.9. The zero-order valence-corrected chi connectivity index (χ0v) is 12.6. The Balaban J connectivity index is 2.03. The second kappa shape index (κ2) is 7.37. The fourth-order valence-electron chi connectivity index (χ4n) is 1.71. The third kappa shape index (κ3) is 4.16. The van der Waals surface area contributed by atoms with Crippen LogP contribution in [0.2, 0.25) is 0 Å². The van der Waals surface area contributed by atoms with Gasteiger partial charge in [0, 0.05) is 17.0 Å². The zero-order valence-electron chi connectivity index (χ0n) is 11.8. The van der Waals surface area contributed by atoms with E-state index in [1.165, 1.54) is 18.2 Å². The summed E-state index contributed by atoms with van der Waals surface area (Å²) in [6.45, 7) is 2.36. The van der Waals surface area contributed by atoms with Gasteiger partial charge in [0.1, 0.15) is 5.75 Å². The van der Waals surface area contributed by atoms with Crippen LogP contribution >= 0.6 is 11.3 Å². The molecule has 6 nitrogen and oxygen atoms in total. The van der Waals surface area contributed by atoms with E-state index in [1.807, 2.05) is 13.0 Å². The van der Waals surface area contributed by atoms with Gasteiger partial charge in [-0.3, -0.25) is 14.9 Å². The molecular weight excluding hydrogens is 304 g/mol. The number of hydrogen-bond donors (Lipinski definition) is 1. The van der Waals surface area contributed by atoms with Crippen molar-refractivity contribution < 1.29 is 14.5 Å². The van der Waals surface area contributed by atoms with E-state index < -0.39 is 4.92 Å². The summed E-state index contributed by atoms with van der Waals surface area (Å²) in [5.41, 5.74) is 0.580. The van der Waals surface area contributed by atoms with E-state index in [2.05, 4.69) is 5.32 Å². The lowest BCUT2D eigenvalue weighted by atomic mass is 10.3. The van der Waals surface area contributed by atoms with Gasteiger partial charge in [-0.15, -0.1) is 0 Å². The third-order valence-corrected chi connectivity index (χ3v) is 3.64. The van der Waals surface area contributed by atoms with Crippen LogP contribution in [0.25, 0.3) is 6.08 Å². The van der Waals surface area contributed by atoms with E-state index in [9.17, 15) is 14.9 Å². The van der Waals surface area contributed by atoms with Crippen molar-refractivity contribution in [3.8, 4) is 5.75 Å². The minimum atomic E-state index is -0.458. The van der Waals surface area contributed by atoms with Crippen LogP contribution in [-0.2, 0) is 4.79 Å². The summed E-state index contributed by atoms with van der Waals surface area (Å²) in [4.78, 5) is 22.7. The van der Waals surface area contributed by atoms with Gasteiger partial charge in [0.2, 0.25) is 5.91 Å². The maximum Gasteiger partial charge on any atom is 0.324 e. The average Bonchev–Trinajstić information content (AvgIpc) is 2.97. The Morgan fingerprint density at radius 2 is 2.14 bits per heavy atom. The molecule has 0 aliphatic carbocycles. The van der Waals surface area contributed by atoms with Crippen LogP contribution in [0.15, 0.2) is 42.5 Å². The number of benzene rings is 1. The van der Waals surface area contributed by atoms with Gasteiger partial charge in [-0.25, -0.2) is 0 Å². The Bertz CT molecular complexity index is 709. The molecule has 0 radical (unpaired) electrons. The Morgan fingerprint density at radius 3 is 2.82 bits per heavy atom. The normalized spacial score (nSPS) is 10.6. The highest BCUT2D eigenvalue weighted by Crippen LogP contribution is 2.25. The van der Waals surface area contributed by atoms with Gasteiger partial charge in [0.05, 0.1) is 17.2 Å².